The van der Waals surface area contributed by atoms with E-state index in [9.17, 15) is 14.9 Å². The van der Waals surface area contributed by atoms with Gasteiger partial charge in [-0.15, -0.1) is 0 Å². The number of rotatable bonds is 5. The molecule has 2 aromatic heterocycles. The number of hydrogen-bond acceptors (Lipinski definition) is 9. The first-order chi connectivity index (χ1) is 13.4. The molecule has 3 heterocycles. The van der Waals surface area contributed by atoms with Crippen molar-refractivity contribution in [1.29, 1.82) is 0 Å². The summed E-state index contributed by atoms with van der Waals surface area (Å²) in [5.74, 6) is 0.320. The van der Waals surface area contributed by atoms with E-state index in [4.69, 9.17) is 9.47 Å². The Morgan fingerprint density at radius 2 is 2.00 bits per heavy atom. The third kappa shape index (κ3) is 3.94. The van der Waals surface area contributed by atoms with Gasteiger partial charge in [0.05, 0.1) is 17.2 Å². The van der Waals surface area contributed by atoms with E-state index in [0.29, 0.717) is 44.4 Å². The molecule has 1 saturated heterocycles. The fourth-order valence-electron chi connectivity index (χ4n) is 2.92. The van der Waals surface area contributed by atoms with Gasteiger partial charge in [0.1, 0.15) is 6.33 Å². The van der Waals surface area contributed by atoms with E-state index in [1.807, 2.05) is 0 Å². The summed E-state index contributed by atoms with van der Waals surface area (Å²) in [7, 11) is 1.67. The predicted molar refractivity (Wildman–Crippen MR) is 97.5 cm³/mol. The fraction of sp³-hybridized carbons (Fsp3) is 0.500. The normalized spacial score (nSPS) is 14.1. The van der Waals surface area contributed by atoms with Crippen LogP contribution in [0.4, 0.5) is 16.3 Å². The van der Waals surface area contributed by atoms with Crippen molar-refractivity contribution in [2.45, 2.75) is 13.8 Å². The number of carbonyl (C=O) groups is 1. The second-order valence-electron chi connectivity index (χ2n) is 6.13. The smallest absolute Gasteiger partial charge is 0.409 e. The van der Waals surface area contributed by atoms with E-state index >= 15 is 0 Å². The van der Waals surface area contributed by atoms with Gasteiger partial charge in [-0.25, -0.2) is 14.5 Å². The van der Waals surface area contributed by atoms with Crippen molar-refractivity contribution >= 4 is 17.6 Å². The number of nitrogens with zero attached hydrogens (tertiary/aromatic N) is 7. The van der Waals surface area contributed by atoms with Gasteiger partial charge in [-0.05, 0) is 13.8 Å². The molecule has 1 aliphatic heterocycles. The van der Waals surface area contributed by atoms with Crippen LogP contribution >= 0.6 is 0 Å². The molecule has 0 saturated carbocycles. The average Bonchev–Trinajstić information content (AvgIpc) is 2.98. The van der Waals surface area contributed by atoms with Gasteiger partial charge in [-0.2, -0.15) is 10.1 Å². The minimum atomic E-state index is -0.564. The second-order valence-corrected chi connectivity index (χ2v) is 6.13. The molecule has 150 valence electrons. The Morgan fingerprint density at radius 3 is 2.57 bits per heavy atom. The number of piperazine rings is 1. The van der Waals surface area contributed by atoms with E-state index in [2.05, 4.69) is 15.1 Å². The van der Waals surface area contributed by atoms with Gasteiger partial charge in [0.25, 0.3) is 0 Å². The molecule has 0 aromatic carbocycles. The highest BCUT2D eigenvalue weighted by Crippen LogP contribution is 2.36. The van der Waals surface area contributed by atoms with Crippen LogP contribution in [0.2, 0.25) is 0 Å². The Bertz CT molecular complexity index is 876. The molecule has 0 N–H and O–H groups in total. The summed E-state index contributed by atoms with van der Waals surface area (Å²) in [5, 5.41) is 15.9. The molecule has 0 bridgehead atoms. The lowest BCUT2D eigenvalue weighted by molar-refractivity contribution is -0.385. The van der Waals surface area contributed by atoms with Gasteiger partial charge in [0.15, 0.2) is 0 Å². The summed E-state index contributed by atoms with van der Waals surface area (Å²) in [5.41, 5.74) is 0.385. The number of aryl methyl sites for hydroxylation is 2. The molecule has 0 aliphatic carbocycles. The Hall–Kier alpha value is -3.44. The van der Waals surface area contributed by atoms with Gasteiger partial charge >= 0.3 is 17.7 Å². The number of carbonyl (C=O) groups excluding carboxylic acids is 1. The number of amides is 1. The Morgan fingerprint density at radius 1 is 1.29 bits per heavy atom. The van der Waals surface area contributed by atoms with Gasteiger partial charge in [-0.1, -0.05) is 0 Å². The van der Waals surface area contributed by atoms with Crippen LogP contribution in [0.15, 0.2) is 12.4 Å². The molecule has 28 heavy (non-hydrogen) atoms. The van der Waals surface area contributed by atoms with Crippen molar-refractivity contribution in [1.82, 2.24) is 24.6 Å². The van der Waals surface area contributed by atoms with Gasteiger partial charge in [0.2, 0.25) is 11.7 Å². The van der Waals surface area contributed by atoms with Gasteiger partial charge in [-0.3, -0.25) is 10.1 Å². The standard InChI is InChI=1S/C16H21N7O5/c1-4-27-16(24)22-7-5-21(6-8-22)14-13(23(25)26)15(18-10-17-14)28-12-9-11(2)19-20(12)3/h9-10H,4-8H2,1-3H3. The van der Waals surface area contributed by atoms with Crippen LogP contribution in [-0.2, 0) is 11.8 Å². The first-order valence-electron chi connectivity index (χ1n) is 8.75. The quantitative estimate of drug-likeness (QED) is 0.550. The fourth-order valence-corrected chi connectivity index (χ4v) is 2.92. The molecule has 0 spiro atoms. The van der Waals surface area contributed by atoms with E-state index in [0.717, 1.165) is 0 Å². The van der Waals surface area contributed by atoms with Crippen LogP contribution in [-0.4, -0.2) is 68.5 Å². The van der Waals surface area contributed by atoms with Crippen LogP contribution in [0.5, 0.6) is 11.8 Å². The van der Waals surface area contributed by atoms with Crippen molar-refractivity contribution in [3.05, 3.63) is 28.2 Å². The summed E-state index contributed by atoms with van der Waals surface area (Å²) in [6.45, 7) is 5.32. The highest BCUT2D eigenvalue weighted by atomic mass is 16.6. The molecule has 0 radical (unpaired) electrons. The highest BCUT2D eigenvalue weighted by molar-refractivity contribution is 5.69. The minimum absolute atomic E-state index is 0.150. The monoisotopic (exact) mass is 391 g/mol. The maximum absolute atomic E-state index is 11.8. The van der Waals surface area contributed by atoms with Crippen molar-refractivity contribution in [2.75, 3.05) is 37.7 Å². The highest BCUT2D eigenvalue weighted by Gasteiger charge is 2.32. The van der Waals surface area contributed by atoms with Gasteiger partial charge in [0, 0.05) is 39.3 Å². The molecule has 0 unspecified atom stereocenters. The maximum Gasteiger partial charge on any atom is 0.409 e. The Balaban J connectivity index is 1.83. The summed E-state index contributed by atoms with van der Waals surface area (Å²) in [6.07, 6.45) is 0.827. The molecular formula is C16H21N7O5. The van der Waals surface area contributed by atoms with Crippen LogP contribution in [0.3, 0.4) is 0 Å². The van der Waals surface area contributed by atoms with E-state index < -0.39 is 11.0 Å². The zero-order chi connectivity index (χ0) is 20.3. The average molecular weight is 391 g/mol. The summed E-state index contributed by atoms with van der Waals surface area (Å²) in [4.78, 5) is 34.3. The summed E-state index contributed by atoms with van der Waals surface area (Å²) in [6, 6.07) is 1.66. The third-order valence-electron chi connectivity index (χ3n) is 4.22. The predicted octanol–water partition coefficient (Wildman–Crippen LogP) is 1.50. The van der Waals surface area contributed by atoms with Gasteiger partial charge < -0.3 is 19.3 Å². The second kappa shape index (κ2) is 8.06. The topological polar surface area (TPSA) is 129 Å². The Kier molecular flexibility index (Phi) is 5.57. The first-order valence-corrected chi connectivity index (χ1v) is 8.75. The SMILES string of the molecule is CCOC(=O)N1CCN(c2ncnc(Oc3cc(C)nn3C)c2[N+](=O)[O-])CC1. The van der Waals surface area contributed by atoms with Crippen molar-refractivity contribution in [3.8, 4) is 11.8 Å². The number of ether oxygens (including phenoxy) is 2. The Labute approximate surface area is 160 Å². The van der Waals surface area contributed by atoms with E-state index in [1.165, 1.54) is 11.0 Å². The molecule has 2 aromatic rings. The maximum atomic E-state index is 11.8. The minimum Gasteiger partial charge on any atom is -0.450 e. The van der Waals surface area contributed by atoms with Crippen LogP contribution in [0.25, 0.3) is 0 Å². The number of aromatic nitrogens is 4. The van der Waals surface area contributed by atoms with Crippen LogP contribution in [0.1, 0.15) is 12.6 Å². The zero-order valence-electron chi connectivity index (χ0n) is 15.9. The molecule has 3 rings (SSSR count). The zero-order valence-corrected chi connectivity index (χ0v) is 15.9. The largest absolute Gasteiger partial charge is 0.450 e. The van der Waals surface area contributed by atoms with E-state index in [-0.39, 0.29) is 17.4 Å². The van der Waals surface area contributed by atoms with Crippen molar-refractivity contribution < 1.29 is 19.2 Å². The molecule has 1 amide bonds. The van der Waals surface area contributed by atoms with E-state index in [1.54, 1.807) is 36.8 Å². The molecule has 0 atom stereocenters. The number of hydrogen-bond donors (Lipinski definition) is 0. The summed E-state index contributed by atoms with van der Waals surface area (Å²) >= 11 is 0. The molecular weight excluding hydrogens is 370 g/mol. The molecule has 1 fully saturated rings. The lowest BCUT2D eigenvalue weighted by Crippen LogP contribution is -2.49. The van der Waals surface area contributed by atoms with Crippen LogP contribution in [0, 0.1) is 17.0 Å². The van der Waals surface area contributed by atoms with Crippen LogP contribution < -0.4 is 9.64 Å². The van der Waals surface area contributed by atoms with Crippen molar-refractivity contribution in [2.24, 2.45) is 7.05 Å². The lowest BCUT2D eigenvalue weighted by Gasteiger charge is -2.34. The molecule has 12 heteroatoms. The number of anilines is 1. The molecule has 1 aliphatic rings. The third-order valence-corrected chi connectivity index (χ3v) is 4.22. The first kappa shape index (κ1) is 19.3. The summed E-state index contributed by atoms with van der Waals surface area (Å²) < 4.78 is 12.1. The number of nitro groups is 1. The lowest BCUT2D eigenvalue weighted by atomic mass is 10.3. The van der Waals surface area contributed by atoms with Crippen molar-refractivity contribution in [3.63, 3.8) is 0 Å². The molecule has 12 nitrogen and oxygen atoms in total.